The Morgan fingerprint density at radius 3 is 1.97 bits per heavy atom. The van der Waals surface area contributed by atoms with E-state index in [4.69, 9.17) is 4.74 Å². The molecule has 33 heavy (non-hydrogen) atoms. The smallest absolute Gasteiger partial charge is 0.306 e. The first kappa shape index (κ1) is 20.9. The van der Waals surface area contributed by atoms with Crippen molar-refractivity contribution in [1.82, 2.24) is 4.90 Å². The topological polar surface area (TPSA) is 107 Å². The lowest BCUT2D eigenvalue weighted by atomic mass is 9.80. The van der Waals surface area contributed by atoms with Crippen LogP contribution in [-0.4, -0.2) is 45.2 Å². The maximum Gasteiger partial charge on any atom is 0.306 e. The first-order valence-corrected chi connectivity index (χ1v) is 10.9. The van der Waals surface area contributed by atoms with Crippen molar-refractivity contribution in [3.8, 4) is 23.0 Å². The number of ether oxygens (including phenoxy) is 1. The maximum absolute atomic E-state index is 13.5. The molecule has 0 bridgehead atoms. The summed E-state index contributed by atoms with van der Waals surface area (Å²) in [4.78, 5) is 26.5. The maximum atomic E-state index is 13.5. The zero-order valence-corrected chi connectivity index (χ0v) is 17.8. The van der Waals surface area contributed by atoms with Crippen LogP contribution in [0.25, 0.3) is 0 Å². The number of nitrogens with zero attached hydrogens (tertiary/aromatic N) is 1. The van der Waals surface area contributed by atoms with E-state index in [1.54, 1.807) is 35.2 Å². The molecule has 2 aliphatic heterocycles. The van der Waals surface area contributed by atoms with Crippen LogP contribution >= 0.6 is 0 Å². The molecular weight excluding hydrogens is 422 g/mol. The van der Waals surface area contributed by atoms with Crippen molar-refractivity contribution >= 4 is 11.9 Å². The van der Waals surface area contributed by atoms with Gasteiger partial charge in [0.25, 0.3) is 5.91 Å². The summed E-state index contributed by atoms with van der Waals surface area (Å²) >= 11 is 0. The van der Waals surface area contributed by atoms with Crippen LogP contribution in [0.4, 0.5) is 0 Å². The number of benzene rings is 3. The van der Waals surface area contributed by atoms with Crippen molar-refractivity contribution in [2.75, 3.05) is 13.1 Å². The molecule has 2 heterocycles. The molecule has 1 fully saturated rings. The second kappa shape index (κ2) is 8.16. The van der Waals surface area contributed by atoms with Crippen LogP contribution in [0, 0.1) is 5.92 Å². The Kier molecular flexibility index (Phi) is 5.17. The number of carbonyl (C=O) groups excluding carboxylic acids is 1. The molecule has 3 N–H and O–H groups in total. The number of hydrogen-bond donors (Lipinski definition) is 3. The normalized spacial score (nSPS) is 15.9. The molecular formula is C26H23NO6. The molecule has 7 nitrogen and oxygen atoms in total. The number of amides is 1. The van der Waals surface area contributed by atoms with Crippen LogP contribution in [0.1, 0.15) is 45.8 Å². The van der Waals surface area contributed by atoms with Gasteiger partial charge in [-0.2, -0.15) is 0 Å². The van der Waals surface area contributed by atoms with Crippen LogP contribution < -0.4 is 4.74 Å². The van der Waals surface area contributed by atoms with E-state index in [2.05, 4.69) is 0 Å². The average molecular weight is 445 g/mol. The summed E-state index contributed by atoms with van der Waals surface area (Å²) < 4.78 is 5.97. The van der Waals surface area contributed by atoms with Gasteiger partial charge in [0.15, 0.2) is 0 Å². The van der Waals surface area contributed by atoms with Gasteiger partial charge in [-0.25, -0.2) is 0 Å². The number of fused-ring (bicyclic) bond motifs is 2. The fourth-order valence-electron chi connectivity index (χ4n) is 4.76. The van der Waals surface area contributed by atoms with Crippen molar-refractivity contribution in [2.24, 2.45) is 5.92 Å². The average Bonchev–Trinajstić information content (AvgIpc) is 2.82. The summed E-state index contributed by atoms with van der Waals surface area (Å²) in [6.45, 7) is 0.791. The van der Waals surface area contributed by atoms with Gasteiger partial charge in [0.2, 0.25) is 0 Å². The summed E-state index contributed by atoms with van der Waals surface area (Å²) in [5.41, 5.74) is 2.92. The third-order valence-electron chi connectivity index (χ3n) is 6.47. The molecule has 0 spiro atoms. The SMILES string of the molecule is O=C(O)C1CCN(C(=O)c2ccccc2C2c3ccc(O)cc3Oc3cc(O)ccc32)CC1. The number of rotatable bonds is 3. The molecule has 0 atom stereocenters. The van der Waals surface area contributed by atoms with Crippen LogP contribution in [0.15, 0.2) is 60.7 Å². The lowest BCUT2D eigenvalue weighted by Crippen LogP contribution is -2.40. The standard InChI is InChI=1S/C26H23NO6/c28-16-5-7-20-22(13-16)33-23-14-17(29)6-8-21(23)24(20)18-3-1-2-4-19(18)25(30)27-11-9-15(10-12-27)26(31)32/h1-8,13-15,24,28-29H,9-12H2,(H,31,32). The number of piperidine rings is 1. The summed E-state index contributed by atoms with van der Waals surface area (Å²) in [6.07, 6.45) is 0.870. The number of carbonyl (C=O) groups is 2. The molecule has 3 aromatic rings. The molecule has 0 saturated carbocycles. The monoisotopic (exact) mass is 445 g/mol. The summed E-state index contributed by atoms with van der Waals surface area (Å²) in [6, 6.07) is 17.2. The number of carboxylic acid groups (broad SMARTS) is 1. The predicted molar refractivity (Wildman–Crippen MR) is 120 cm³/mol. The Morgan fingerprint density at radius 2 is 1.39 bits per heavy atom. The Hall–Kier alpha value is -4.00. The van der Waals surface area contributed by atoms with Gasteiger partial charge in [-0.3, -0.25) is 9.59 Å². The molecule has 1 saturated heterocycles. The minimum absolute atomic E-state index is 0.0572. The quantitative estimate of drug-likeness (QED) is 0.434. The summed E-state index contributed by atoms with van der Waals surface area (Å²) in [5.74, 6) is -0.680. The zero-order chi connectivity index (χ0) is 23.1. The van der Waals surface area contributed by atoms with Crippen LogP contribution in [0.3, 0.4) is 0 Å². The minimum atomic E-state index is -0.815. The van der Waals surface area contributed by atoms with Gasteiger partial charge in [0.05, 0.1) is 5.92 Å². The van der Waals surface area contributed by atoms with Crippen LogP contribution in [0.2, 0.25) is 0 Å². The first-order valence-electron chi connectivity index (χ1n) is 10.9. The van der Waals surface area contributed by atoms with Gasteiger partial charge in [-0.1, -0.05) is 30.3 Å². The molecule has 3 aromatic carbocycles. The number of phenolic OH excluding ortho intramolecular Hbond substituents is 2. The Labute approximate surface area is 190 Å². The van der Waals surface area contributed by atoms with E-state index < -0.39 is 11.9 Å². The highest BCUT2D eigenvalue weighted by atomic mass is 16.5. The number of likely N-dealkylation sites (tertiary alicyclic amines) is 1. The third kappa shape index (κ3) is 3.75. The van der Waals surface area contributed by atoms with Crippen molar-refractivity contribution in [1.29, 1.82) is 0 Å². The van der Waals surface area contributed by atoms with Gasteiger partial charge < -0.3 is 25.0 Å². The molecule has 7 heteroatoms. The Bertz CT molecular complexity index is 1190. The van der Waals surface area contributed by atoms with Crippen molar-refractivity contribution in [3.05, 3.63) is 82.9 Å². The largest absolute Gasteiger partial charge is 0.508 e. The van der Waals surface area contributed by atoms with Gasteiger partial charge in [-0.15, -0.1) is 0 Å². The highest BCUT2D eigenvalue weighted by Crippen LogP contribution is 2.49. The minimum Gasteiger partial charge on any atom is -0.508 e. The summed E-state index contributed by atoms with van der Waals surface area (Å²) in [7, 11) is 0. The van der Waals surface area contributed by atoms with Crippen molar-refractivity contribution in [3.63, 3.8) is 0 Å². The van der Waals surface area contributed by atoms with Crippen LogP contribution in [0.5, 0.6) is 23.0 Å². The molecule has 0 aromatic heterocycles. The van der Waals surface area contributed by atoms with E-state index in [0.29, 0.717) is 43.0 Å². The molecule has 168 valence electrons. The van der Waals surface area contributed by atoms with Crippen molar-refractivity contribution in [2.45, 2.75) is 18.8 Å². The van der Waals surface area contributed by atoms with E-state index in [0.717, 1.165) is 16.7 Å². The molecule has 2 aliphatic rings. The molecule has 0 radical (unpaired) electrons. The van der Waals surface area contributed by atoms with Gasteiger partial charge in [0.1, 0.15) is 23.0 Å². The van der Waals surface area contributed by atoms with Crippen molar-refractivity contribution < 1.29 is 29.6 Å². The highest BCUT2D eigenvalue weighted by molar-refractivity contribution is 5.96. The van der Waals surface area contributed by atoms with E-state index >= 15 is 0 Å². The predicted octanol–water partition coefficient (Wildman–Crippen LogP) is 4.32. The first-order chi connectivity index (χ1) is 15.9. The third-order valence-corrected chi connectivity index (χ3v) is 6.47. The number of carboxylic acids is 1. The lowest BCUT2D eigenvalue weighted by Gasteiger charge is -2.33. The molecule has 5 rings (SSSR count). The Morgan fingerprint density at radius 1 is 0.818 bits per heavy atom. The van der Waals surface area contributed by atoms with Crippen LogP contribution in [-0.2, 0) is 4.79 Å². The second-order valence-corrected chi connectivity index (χ2v) is 8.47. The highest BCUT2D eigenvalue weighted by Gasteiger charge is 2.34. The number of aromatic hydroxyl groups is 2. The molecule has 0 aliphatic carbocycles. The number of aliphatic carboxylic acids is 1. The lowest BCUT2D eigenvalue weighted by molar-refractivity contribution is -0.143. The molecule has 1 amide bonds. The van der Waals surface area contributed by atoms with E-state index in [-0.39, 0.29) is 23.3 Å². The second-order valence-electron chi connectivity index (χ2n) is 8.47. The van der Waals surface area contributed by atoms with E-state index in [9.17, 15) is 24.9 Å². The van der Waals surface area contributed by atoms with Gasteiger partial charge in [-0.05, 0) is 36.6 Å². The number of hydrogen-bond acceptors (Lipinski definition) is 5. The van der Waals surface area contributed by atoms with Gasteiger partial charge >= 0.3 is 5.97 Å². The fourth-order valence-corrected chi connectivity index (χ4v) is 4.76. The van der Waals surface area contributed by atoms with E-state index in [1.165, 1.54) is 12.1 Å². The summed E-state index contributed by atoms with van der Waals surface area (Å²) in [5, 5.41) is 29.2. The Balaban J connectivity index is 1.57. The zero-order valence-electron chi connectivity index (χ0n) is 17.8. The van der Waals surface area contributed by atoms with Gasteiger partial charge in [0, 0.05) is 47.8 Å². The van der Waals surface area contributed by atoms with E-state index in [1.807, 2.05) is 18.2 Å². The number of phenols is 2. The molecule has 0 unspecified atom stereocenters. The fraction of sp³-hybridized carbons (Fsp3) is 0.231.